The van der Waals surface area contributed by atoms with Crippen molar-refractivity contribution in [2.75, 3.05) is 7.11 Å². The topological polar surface area (TPSA) is 46.6 Å². The molecule has 0 bridgehead atoms. The van der Waals surface area contributed by atoms with Crippen molar-refractivity contribution in [3.05, 3.63) is 124 Å². The van der Waals surface area contributed by atoms with E-state index in [2.05, 4.69) is 118 Å². The third-order valence-electron chi connectivity index (χ3n) is 9.65. The van der Waals surface area contributed by atoms with Gasteiger partial charge >= 0.3 is 5.97 Å². The van der Waals surface area contributed by atoms with Gasteiger partial charge in [-0.15, -0.1) is 0 Å². The zero-order valence-corrected chi connectivity index (χ0v) is 25.8. The number of fused-ring (bicyclic) bond motifs is 3. The number of ketones is 1. The van der Waals surface area contributed by atoms with Gasteiger partial charge in [0.25, 0.3) is 0 Å². The molecule has 1 aliphatic heterocycles. The number of methoxy groups -OCH3 is 1. The molecular formula is C38H41NO3. The lowest BCUT2D eigenvalue weighted by Gasteiger charge is -2.71. The number of likely N-dealkylation sites (tertiary alicyclic amines) is 1. The second kappa shape index (κ2) is 9.91. The van der Waals surface area contributed by atoms with Crippen molar-refractivity contribution in [3.8, 4) is 0 Å². The van der Waals surface area contributed by atoms with Gasteiger partial charge in [-0.1, -0.05) is 119 Å². The first-order chi connectivity index (χ1) is 20.0. The van der Waals surface area contributed by atoms with Gasteiger partial charge in [-0.25, -0.2) is 0 Å². The van der Waals surface area contributed by atoms with Crippen molar-refractivity contribution in [1.82, 2.24) is 4.90 Å². The van der Waals surface area contributed by atoms with Gasteiger partial charge in [0.05, 0.1) is 30.1 Å². The lowest BCUT2D eigenvalue weighted by atomic mass is 9.51. The van der Waals surface area contributed by atoms with Crippen molar-refractivity contribution in [3.63, 3.8) is 0 Å². The summed E-state index contributed by atoms with van der Waals surface area (Å²) in [5.74, 6) is -1.04. The number of allylic oxidation sites excluding steroid dienone is 2. The van der Waals surface area contributed by atoms with Crippen molar-refractivity contribution in [2.24, 2.45) is 17.3 Å². The third-order valence-corrected chi connectivity index (χ3v) is 9.65. The highest BCUT2D eigenvalue weighted by molar-refractivity contribution is 5.96. The first-order valence-corrected chi connectivity index (χ1v) is 15.1. The van der Waals surface area contributed by atoms with Gasteiger partial charge in [-0.2, -0.15) is 0 Å². The van der Waals surface area contributed by atoms with Crippen LogP contribution in [0.2, 0.25) is 0 Å². The number of esters is 1. The molecule has 3 unspecified atom stereocenters. The van der Waals surface area contributed by atoms with Crippen LogP contribution in [0.4, 0.5) is 0 Å². The maximum atomic E-state index is 14.0. The Kier molecular flexibility index (Phi) is 6.69. The van der Waals surface area contributed by atoms with Crippen LogP contribution in [0.5, 0.6) is 0 Å². The summed E-state index contributed by atoms with van der Waals surface area (Å²) in [4.78, 5) is 29.7. The largest absolute Gasteiger partial charge is 0.469 e. The van der Waals surface area contributed by atoms with E-state index in [1.807, 2.05) is 13.0 Å². The van der Waals surface area contributed by atoms with Crippen LogP contribution in [0.1, 0.15) is 69.4 Å². The Balaban J connectivity index is 1.78. The Morgan fingerprint density at radius 3 is 2.19 bits per heavy atom. The molecule has 2 aliphatic carbocycles. The van der Waals surface area contributed by atoms with E-state index in [1.165, 1.54) is 40.5 Å². The summed E-state index contributed by atoms with van der Waals surface area (Å²) < 4.78 is 5.30. The molecule has 42 heavy (non-hydrogen) atoms. The molecule has 0 radical (unpaired) electrons. The Labute approximate surface area is 250 Å². The highest BCUT2D eigenvalue weighted by Crippen LogP contribution is 2.74. The molecule has 3 aliphatic rings. The molecule has 0 aromatic heterocycles. The zero-order valence-electron chi connectivity index (χ0n) is 25.8. The number of nitrogens with zero attached hydrogens (tertiary/aromatic N) is 1. The van der Waals surface area contributed by atoms with Crippen LogP contribution < -0.4 is 0 Å². The molecular weight excluding hydrogens is 518 g/mol. The van der Waals surface area contributed by atoms with Gasteiger partial charge in [0.1, 0.15) is 5.78 Å². The van der Waals surface area contributed by atoms with Crippen LogP contribution in [-0.2, 0) is 31.8 Å². The van der Waals surface area contributed by atoms with Crippen molar-refractivity contribution >= 4 is 17.3 Å². The second-order valence-electron chi connectivity index (χ2n) is 13.5. The van der Waals surface area contributed by atoms with Crippen LogP contribution in [0.25, 0.3) is 5.57 Å². The summed E-state index contributed by atoms with van der Waals surface area (Å²) >= 11 is 0. The predicted molar refractivity (Wildman–Crippen MR) is 168 cm³/mol. The molecule has 3 aromatic rings. The summed E-state index contributed by atoms with van der Waals surface area (Å²) in [7, 11) is 1.41. The van der Waals surface area contributed by atoms with E-state index < -0.39 is 23.0 Å². The van der Waals surface area contributed by atoms with E-state index in [0.29, 0.717) is 0 Å². The minimum absolute atomic E-state index is 0.0392. The molecule has 6 rings (SSSR count). The number of hydrogen-bond acceptors (Lipinski definition) is 4. The van der Waals surface area contributed by atoms with Crippen molar-refractivity contribution < 1.29 is 14.3 Å². The van der Waals surface area contributed by atoms with Crippen LogP contribution in [-0.4, -0.2) is 29.8 Å². The maximum absolute atomic E-state index is 14.0. The number of Topliss-reactive ketones (excluding diaryl/α,β-unsaturated/α-hetero) is 1. The Morgan fingerprint density at radius 2 is 1.55 bits per heavy atom. The number of hydrogen-bond donors (Lipinski definition) is 0. The van der Waals surface area contributed by atoms with E-state index in [9.17, 15) is 9.59 Å². The molecule has 1 fully saturated rings. The van der Waals surface area contributed by atoms with Crippen LogP contribution in [0, 0.1) is 17.3 Å². The fourth-order valence-corrected chi connectivity index (χ4v) is 8.31. The smallest absolute Gasteiger partial charge is 0.310 e. The fourth-order valence-electron chi connectivity index (χ4n) is 8.31. The van der Waals surface area contributed by atoms with E-state index in [0.717, 1.165) is 12.0 Å². The Bertz CT molecular complexity index is 1630. The van der Waals surface area contributed by atoms with Crippen molar-refractivity contribution in [2.45, 2.75) is 65.1 Å². The monoisotopic (exact) mass is 559 g/mol. The lowest BCUT2D eigenvalue weighted by molar-refractivity contribution is -0.166. The average molecular weight is 560 g/mol. The molecule has 1 saturated heterocycles. The highest BCUT2D eigenvalue weighted by Gasteiger charge is 2.75. The summed E-state index contributed by atoms with van der Waals surface area (Å²) in [5.41, 5.74) is 7.18. The zero-order chi connectivity index (χ0) is 30.0. The van der Waals surface area contributed by atoms with Crippen LogP contribution in [0.15, 0.2) is 96.6 Å². The number of ether oxygens (including phenoxy) is 1. The molecule has 216 valence electrons. The van der Waals surface area contributed by atoms with Gasteiger partial charge in [0.15, 0.2) is 0 Å². The number of benzene rings is 3. The Hall–Kier alpha value is -3.76. The van der Waals surface area contributed by atoms with Crippen LogP contribution >= 0.6 is 0 Å². The summed E-state index contributed by atoms with van der Waals surface area (Å²) in [6.45, 7) is 12.5. The molecule has 5 atom stereocenters. The first kappa shape index (κ1) is 28.4. The quantitative estimate of drug-likeness (QED) is 0.282. The van der Waals surface area contributed by atoms with Gasteiger partial charge in [0.2, 0.25) is 0 Å². The first-order valence-electron chi connectivity index (χ1n) is 15.1. The molecule has 0 amide bonds. The minimum atomic E-state index is -0.721. The number of rotatable bonds is 7. The summed E-state index contributed by atoms with van der Waals surface area (Å²) in [6.07, 6.45) is 5.45. The average Bonchev–Trinajstić information content (AvgIpc) is 3.23. The molecule has 1 heterocycles. The van der Waals surface area contributed by atoms with Gasteiger partial charge in [-0.05, 0) is 64.6 Å². The minimum Gasteiger partial charge on any atom is -0.469 e. The van der Waals surface area contributed by atoms with E-state index in [4.69, 9.17) is 4.74 Å². The molecule has 3 aromatic carbocycles. The highest BCUT2D eigenvalue weighted by atomic mass is 16.5. The molecule has 4 nitrogen and oxygen atoms in total. The van der Waals surface area contributed by atoms with Crippen molar-refractivity contribution in [1.29, 1.82) is 0 Å². The molecule has 4 heteroatoms. The molecule has 0 spiro atoms. The summed E-state index contributed by atoms with van der Waals surface area (Å²) in [5, 5.41) is 0. The predicted octanol–water partition coefficient (Wildman–Crippen LogP) is 7.47. The van der Waals surface area contributed by atoms with E-state index in [-0.39, 0.29) is 23.1 Å². The second-order valence-corrected chi connectivity index (χ2v) is 13.5. The van der Waals surface area contributed by atoms with Gasteiger partial charge < -0.3 is 4.74 Å². The maximum Gasteiger partial charge on any atom is 0.310 e. The number of carbonyl (C=O) groups is 2. The molecule has 0 saturated carbocycles. The van der Waals surface area contributed by atoms with Gasteiger partial charge in [-0.3, -0.25) is 14.5 Å². The third kappa shape index (κ3) is 3.70. The van der Waals surface area contributed by atoms with Crippen LogP contribution in [0.3, 0.4) is 0 Å². The standard InChI is InChI=1S/C38H41NO3/c1-24-21-22-30-29-18-12-14-20-32(29)38(31-19-13-11-15-27(31)23-36(4,5)6)34(30)37(24,28-16-9-8-10-17-28)39(38)33(26(3)40)25(2)35(41)42-7/h8-22,24-25,33H,23H2,1-7H3/t24?,25-,33+,37?,38?/m1/s1. The SMILES string of the molecule is COC(=O)[C@H](C)[C@@H](C(C)=O)N1C2(c3ccccc3CC(C)(C)C)C3=C(C=CC(C)C31c1ccccc1)c1ccccc12. The van der Waals surface area contributed by atoms with E-state index >= 15 is 0 Å². The van der Waals surface area contributed by atoms with E-state index in [1.54, 1.807) is 6.92 Å². The molecule has 0 N–H and O–H groups in total. The number of carbonyl (C=O) groups excluding carboxylic acids is 2. The fraction of sp³-hybridized carbons (Fsp3) is 0.368. The summed E-state index contributed by atoms with van der Waals surface area (Å²) in [6, 6.07) is 27.2. The lowest BCUT2D eigenvalue weighted by Crippen LogP contribution is -2.78. The van der Waals surface area contributed by atoms with Gasteiger partial charge in [0, 0.05) is 5.92 Å². The normalized spacial score (nSPS) is 25.7. The Morgan fingerprint density at radius 1 is 0.929 bits per heavy atom.